The Kier molecular flexibility index (Phi) is 9.87. The van der Waals surface area contributed by atoms with E-state index >= 15 is 0 Å². The summed E-state index contributed by atoms with van der Waals surface area (Å²) in [5.74, 6) is 0.0819. The summed E-state index contributed by atoms with van der Waals surface area (Å²) < 4.78 is 24.8. The molecule has 1 aromatic carbocycles. The maximum atomic E-state index is 13.6. The molecule has 0 spiro atoms. The number of hydrogen-bond acceptors (Lipinski definition) is 6. The second-order valence-corrected chi connectivity index (χ2v) is 9.14. The van der Waals surface area contributed by atoms with Crippen LogP contribution >= 0.6 is 11.3 Å². The van der Waals surface area contributed by atoms with Crippen molar-refractivity contribution < 1.29 is 23.8 Å². The minimum atomic E-state index is -0.679. The van der Waals surface area contributed by atoms with Crippen LogP contribution in [-0.2, 0) is 16.0 Å². The van der Waals surface area contributed by atoms with Gasteiger partial charge in [0.2, 0.25) is 5.91 Å². The zero-order valence-corrected chi connectivity index (χ0v) is 19.9. The summed E-state index contributed by atoms with van der Waals surface area (Å²) in [6.07, 6.45) is 2.64. The summed E-state index contributed by atoms with van der Waals surface area (Å²) in [7, 11) is 0. The SMILES string of the molecule is C=CCOC[C@H](O)CN(CCC)CC(=O)N1CCc2sccc2[C@@H]1COc1cccc(F)c1. The molecule has 1 aromatic heterocycles. The third-order valence-electron chi connectivity index (χ3n) is 5.53. The van der Waals surface area contributed by atoms with Gasteiger partial charge >= 0.3 is 0 Å². The number of thiophene rings is 1. The Balaban J connectivity index is 1.67. The number of aliphatic hydroxyl groups excluding tert-OH is 1. The van der Waals surface area contributed by atoms with E-state index in [-0.39, 0.29) is 37.5 Å². The molecule has 1 N–H and O–H groups in total. The smallest absolute Gasteiger partial charge is 0.237 e. The monoisotopic (exact) mass is 476 g/mol. The molecular weight excluding hydrogens is 443 g/mol. The third kappa shape index (κ3) is 7.37. The molecule has 0 bridgehead atoms. The molecule has 3 rings (SSSR count). The summed E-state index contributed by atoms with van der Waals surface area (Å²) in [6, 6.07) is 7.86. The molecule has 0 aliphatic carbocycles. The predicted molar refractivity (Wildman–Crippen MR) is 128 cm³/mol. The Labute approximate surface area is 199 Å². The molecule has 33 heavy (non-hydrogen) atoms. The number of benzene rings is 1. The van der Waals surface area contributed by atoms with Crippen LogP contribution in [0.3, 0.4) is 0 Å². The molecule has 1 amide bonds. The predicted octanol–water partition coefficient (Wildman–Crippen LogP) is 3.67. The first-order valence-electron chi connectivity index (χ1n) is 11.3. The summed E-state index contributed by atoms with van der Waals surface area (Å²) in [5, 5.41) is 12.3. The van der Waals surface area contributed by atoms with Crippen molar-refractivity contribution in [2.45, 2.75) is 31.9 Å². The molecule has 6 nitrogen and oxygen atoms in total. The van der Waals surface area contributed by atoms with Crippen molar-refractivity contribution in [2.24, 2.45) is 0 Å². The van der Waals surface area contributed by atoms with Gasteiger partial charge in [0.05, 0.1) is 31.9 Å². The standard InChI is InChI=1S/C25H33FN2O4S/c1-3-10-27(15-20(29)17-31-12-4-2)16-25(30)28-11-8-24-22(9-13-33-24)23(28)18-32-21-7-5-6-19(26)14-21/h4-7,9,13-14,20,23,29H,2-3,8,10-12,15-18H2,1H3/t20-,23+/m1/s1. The Bertz CT molecular complexity index is 906. The van der Waals surface area contributed by atoms with E-state index in [1.54, 1.807) is 29.5 Å². The van der Waals surface area contributed by atoms with E-state index < -0.39 is 6.10 Å². The highest BCUT2D eigenvalue weighted by atomic mass is 32.1. The molecular formula is C25H33FN2O4S. The van der Waals surface area contributed by atoms with Gasteiger partial charge in [-0.3, -0.25) is 9.69 Å². The number of amides is 1. The highest BCUT2D eigenvalue weighted by Crippen LogP contribution is 2.34. The summed E-state index contributed by atoms with van der Waals surface area (Å²) in [5.41, 5.74) is 1.09. The molecule has 2 aromatic rings. The van der Waals surface area contributed by atoms with Gasteiger partial charge in [-0.1, -0.05) is 19.1 Å². The first-order chi connectivity index (χ1) is 16.0. The molecule has 180 valence electrons. The van der Waals surface area contributed by atoms with Gasteiger partial charge in [-0.2, -0.15) is 0 Å². The van der Waals surface area contributed by atoms with Crippen molar-refractivity contribution in [1.82, 2.24) is 9.80 Å². The van der Waals surface area contributed by atoms with Gasteiger partial charge in [-0.25, -0.2) is 4.39 Å². The first kappa shape index (κ1) is 25.4. The highest BCUT2D eigenvalue weighted by molar-refractivity contribution is 7.10. The Morgan fingerprint density at radius 3 is 3.06 bits per heavy atom. The van der Waals surface area contributed by atoms with Crippen molar-refractivity contribution in [3.8, 4) is 5.75 Å². The third-order valence-corrected chi connectivity index (χ3v) is 6.53. The van der Waals surface area contributed by atoms with E-state index in [2.05, 4.69) is 6.58 Å². The number of carbonyl (C=O) groups excluding carboxylic acids is 1. The zero-order valence-electron chi connectivity index (χ0n) is 19.1. The van der Waals surface area contributed by atoms with E-state index in [1.807, 2.05) is 28.2 Å². The topological polar surface area (TPSA) is 62.2 Å². The second kappa shape index (κ2) is 12.8. The van der Waals surface area contributed by atoms with Crippen molar-refractivity contribution in [3.05, 3.63) is 64.6 Å². The van der Waals surface area contributed by atoms with E-state index in [1.165, 1.54) is 17.0 Å². The number of fused-ring (bicyclic) bond motifs is 1. The van der Waals surface area contributed by atoms with E-state index in [0.29, 0.717) is 32.0 Å². The van der Waals surface area contributed by atoms with Gasteiger partial charge in [0, 0.05) is 24.0 Å². The number of nitrogens with zero attached hydrogens (tertiary/aromatic N) is 2. The lowest BCUT2D eigenvalue weighted by atomic mass is 10.0. The molecule has 0 saturated heterocycles. The molecule has 2 heterocycles. The lowest BCUT2D eigenvalue weighted by molar-refractivity contribution is -0.136. The first-order valence-corrected chi connectivity index (χ1v) is 12.2. The van der Waals surface area contributed by atoms with Crippen LogP contribution in [0.2, 0.25) is 0 Å². The van der Waals surface area contributed by atoms with E-state index in [0.717, 1.165) is 18.4 Å². The van der Waals surface area contributed by atoms with Gasteiger partial charge < -0.3 is 19.5 Å². The largest absolute Gasteiger partial charge is 0.491 e. The number of carbonyl (C=O) groups is 1. The van der Waals surface area contributed by atoms with E-state index in [9.17, 15) is 14.3 Å². The fourth-order valence-electron chi connectivity index (χ4n) is 4.08. The Morgan fingerprint density at radius 1 is 1.45 bits per heavy atom. The maximum absolute atomic E-state index is 13.6. The van der Waals surface area contributed by atoms with Gasteiger partial charge in [0.1, 0.15) is 18.2 Å². The number of aliphatic hydroxyl groups is 1. The van der Waals surface area contributed by atoms with E-state index in [4.69, 9.17) is 9.47 Å². The van der Waals surface area contributed by atoms with Crippen LogP contribution in [0.5, 0.6) is 5.75 Å². The number of ether oxygens (including phenoxy) is 2. The van der Waals surface area contributed by atoms with Crippen LogP contribution in [0, 0.1) is 5.82 Å². The van der Waals surface area contributed by atoms with Crippen LogP contribution in [0.1, 0.15) is 29.8 Å². The van der Waals surface area contributed by atoms with Crippen LogP contribution in [0.4, 0.5) is 4.39 Å². The zero-order chi connectivity index (χ0) is 23.6. The normalized spacial score (nSPS) is 16.5. The molecule has 1 aliphatic heterocycles. The number of hydrogen-bond donors (Lipinski definition) is 1. The average Bonchev–Trinajstić information content (AvgIpc) is 3.27. The molecule has 2 atom stereocenters. The minimum absolute atomic E-state index is 0.00708. The van der Waals surface area contributed by atoms with Crippen LogP contribution < -0.4 is 4.74 Å². The Morgan fingerprint density at radius 2 is 2.30 bits per heavy atom. The van der Waals surface area contributed by atoms with Gasteiger partial charge in [0.25, 0.3) is 0 Å². The van der Waals surface area contributed by atoms with Gasteiger partial charge in [0.15, 0.2) is 0 Å². The molecule has 0 unspecified atom stereocenters. The van der Waals surface area contributed by atoms with Crippen LogP contribution in [0.25, 0.3) is 0 Å². The highest BCUT2D eigenvalue weighted by Gasteiger charge is 2.33. The van der Waals surface area contributed by atoms with Crippen molar-refractivity contribution in [3.63, 3.8) is 0 Å². The average molecular weight is 477 g/mol. The fraction of sp³-hybridized carbons (Fsp3) is 0.480. The number of halogens is 1. The van der Waals surface area contributed by atoms with Crippen molar-refractivity contribution in [1.29, 1.82) is 0 Å². The van der Waals surface area contributed by atoms with Gasteiger partial charge in [-0.05, 0) is 48.5 Å². The molecule has 0 fully saturated rings. The minimum Gasteiger partial charge on any atom is -0.491 e. The molecule has 0 radical (unpaired) electrons. The lowest BCUT2D eigenvalue weighted by Crippen LogP contribution is -2.48. The summed E-state index contributed by atoms with van der Waals surface area (Å²) >= 11 is 1.69. The Hall–Kier alpha value is -2.26. The van der Waals surface area contributed by atoms with Crippen molar-refractivity contribution >= 4 is 17.2 Å². The quantitative estimate of drug-likeness (QED) is 0.353. The van der Waals surface area contributed by atoms with Crippen LogP contribution in [0.15, 0.2) is 48.4 Å². The molecule has 8 heteroatoms. The van der Waals surface area contributed by atoms with Crippen molar-refractivity contribution in [2.75, 3.05) is 46.0 Å². The molecule has 1 aliphatic rings. The maximum Gasteiger partial charge on any atom is 0.237 e. The van der Waals surface area contributed by atoms with Gasteiger partial charge in [-0.15, -0.1) is 17.9 Å². The summed E-state index contributed by atoms with van der Waals surface area (Å²) in [4.78, 5) is 18.5. The fourth-order valence-corrected chi connectivity index (χ4v) is 5.01. The van der Waals surface area contributed by atoms with Crippen LogP contribution in [-0.4, -0.2) is 72.9 Å². The lowest BCUT2D eigenvalue weighted by Gasteiger charge is -2.37. The second-order valence-electron chi connectivity index (χ2n) is 8.14. The summed E-state index contributed by atoms with van der Waals surface area (Å²) in [6.45, 7) is 8.36. The number of rotatable bonds is 13. The molecule has 0 saturated carbocycles.